The Bertz CT molecular complexity index is 606. The Morgan fingerprint density at radius 3 is 2.50 bits per heavy atom. The highest BCUT2D eigenvalue weighted by atomic mass is 16.3. The third kappa shape index (κ3) is 1.28. The Kier molecular flexibility index (Phi) is 2.03. The van der Waals surface area contributed by atoms with Gasteiger partial charge in [-0.3, -0.25) is 0 Å². The van der Waals surface area contributed by atoms with Crippen molar-refractivity contribution in [2.45, 2.75) is 37.5 Å². The molecule has 1 nitrogen and oxygen atoms in total. The summed E-state index contributed by atoms with van der Waals surface area (Å²) in [6, 6.07) is 12.5. The van der Waals surface area contributed by atoms with Gasteiger partial charge in [0.15, 0.2) is 0 Å². The van der Waals surface area contributed by atoms with Gasteiger partial charge in [-0.2, -0.15) is 0 Å². The smallest absolute Gasteiger partial charge is 0.127 e. The molecule has 1 N–H and O–H groups in total. The van der Waals surface area contributed by atoms with Gasteiger partial charge in [0.1, 0.15) is 5.75 Å². The summed E-state index contributed by atoms with van der Waals surface area (Å²) in [5.74, 6) is 1.45. The van der Waals surface area contributed by atoms with E-state index in [1.165, 1.54) is 37.7 Å². The zero-order valence-electron chi connectivity index (χ0n) is 10.5. The molecule has 1 heteroatoms. The van der Waals surface area contributed by atoms with Gasteiger partial charge in [0.25, 0.3) is 0 Å². The molecule has 0 unspecified atom stereocenters. The normalized spacial score (nSPS) is 30.1. The molecule has 2 fully saturated rings. The summed E-state index contributed by atoms with van der Waals surface area (Å²) >= 11 is 0. The quantitative estimate of drug-likeness (QED) is 0.781. The van der Waals surface area contributed by atoms with E-state index in [2.05, 4.69) is 18.2 Å². The van der Waals surface area contributed by atoms with Crippen molar-refractivity contribution in [2.24, 2.45) is 5.92 Å². The minimum absolute atomic E-state index is 0.290. The van der Waals surface area contributed by atoms with Crippen molar-refractivity contribution >= 4 is 10.8 Å². The van der Waals surface area contributed by atoms with E-state index in [4.69, 9.17) is 0 Å². The standard InChI is InChI=1S/C17H18O/c18-16-14-4-2-1-3-13(14)5-6-15(16)17-9-7-12(11-17)8-10-17/h1-6,12,18H,7-11H2. The van der Waals surface area contributed by atoms with Gasteiger partial charge in [0, 0.05) is 10.9 Å². The second kappa shape index (κ2) is 3.50. The Morgan fingerprint density at radius 2 is 1.78 bits per heavy atom. The number of benzene rings is 2. The maximum Gasteiger partial charge on any atom is 0.127 e. The second-order valence-electron chi connectivity index (χ2n) is 6.11. The van der Waals surface area contributed by atoms with Crippen molar-refractivity contribution in [1.29, 1.82) is 0 Å². The van der Waals surface area contributed by atoms with E-state index in [9.17, 15) is 5.11 Å². The Balaban J connectivity index is 1.93. The van der Waals surface area contributed by atoms with E-state index in [1.54, 1.807) is 0 Å². The Labute approximate surface area is 107 Å². The topological polar surface area (TPSA) is 20.2 Å². The zero-order valence-corrected chi connectivity index (χ0v) is 10.5. The van der Waals surface area contributed by atoms with Crippen LogP contribution in [0.4, 0.5) is 0 Å². The van der Waals surface area contributed by atoms with Crippen molar-refractivity contribution in [3.8, 4) is 5.75 Å². The number of aromatic hydroxyl groups is 1. The number of phenolic OH excluding ortho intramolecular Hbond substituents is 1. The van der Waals surface area contributed by atoms with Crippen molar-refractivity contribution in [1.82, 2.24) is 0 Å². The maximum absolute atomic E-state index is 10.6. The molecular formula is C17H18O. The highest BCUT2D eigenvalue weighted by molar-refractivity contribution is 5.89. The predicted octanol–water partition coefficient (Wildman–Crippen LogP) is 4.38. The van der Waals surface area contributed by atoms with Crippen LogP contribution in [-0.2, 0) is 5.41 Å². The molecule has 0 radical (unpaired) electrons. The lowest BCUT2D eigenvalue weighted by molar-refractivity contribution is 0.392. The third-order valence-electron chi connectivity index (χ3n) is 5.21. The molecular weight excluding hydrogens is 220 g/mol. The molecule has 0 heterocycles. The number of phenols is 1. The van der Waals surface area contributed by atoms with Crippen LogP contribution >= 0.6 is 0 Å². The molecule has 0 atom stereocenters. The van der Waals surface area contributed by atoms with Gasteiger partial charge in [-0.15, -0.1) is 0 Å². The molecule has 0 spiro atoms. The Morgan fingerprint density at radius 1 is 1.00 bits per heavy atom. The first-order chi connectivity index (χ1) is 8.78. The van der Waals surface area contributed by atoms with E-state index < -0.39 is 0 Å². The molecule has 92 valence electrons. The molecule has 2 bridgehead atoms. The summed E-state index contributed by atoms with van der Waals surface area (Å²) in [5.41, 5.74) is 1.50. The number of hydrogen-bond acceptors (Lipinski definition) is 1. The first-order valence-electron chi connectivity index (χ1n) is 7.00. The predicted molar refractivity (Wildman–Crippen MR) is 73.9 cm³/mol. The van der Waals surface area contributed by atoms with E-state index in [0.717, 1.165) is 16.7 Å². The molecule has 2 aliphatic carbocycles. The van der Waals surface area contributed by atoms with Gasteiger partial charge in [-0.1, -0.05) is 36.4 Å². The third-order valence-corrected chi connectivity index (χ3v) is 5.21. The zero-order chi connectivity index (χ0) is 12.2. The van der Waals surface area contributed by atoms with Crippen LogP contribution in [0.2, 0.25) is 0 Å². The lowest BCUT2D eigenvalue weighted by Crippen LogP contribution is -2.19. The van der Waals surface area contributed by atoms with Crippen molar-refractivity contribution < 1.29 is 5.11 Å². The van der Waals surface area contributed by atoms with Crippen molar-refractivity contribution in [3.63, 3.8) is 0 Å². The summed E-state index contributed by atoms with van der Waals surface area (Å²) in [5, 5.41) is 12.8. The van der Waals surface area contributed by atoms with Crippen LogP contribution in [0.3, 0.4) is 0 Å². The van der Waals surface area contributed by atoms with Gasteiger partial charge in [0.05, 0.1) is 0 Å². The number of rotatable bonds is 1. The van der Waals surface area contributed by atoms with Crippen molar-refractivity contribution in [2.75, 3.05) is 0 Å². The fourth-order valence-electron chi connectivity index (χ4n) is 4.25. The van der Waals surface area contributed by atoms with Crippen LogP contribution in [0.1, 0.15) is 37.7 Å². The Hall–Kier alpha value is -1.50. The molecule has 2 saturated carbocycles. The molecule has 0 aromatic heterocycles. The first-order valence-corrected chi connectivity index (χ1v) is 7.00. The van der Waals surface area contributed by atoms with Crippen LogP contribution in [0.5, 0.6) is 5.75 Å². The van der Waals surface area contributed by atoms with E-state index >= 15 is 0 Å². The SMILES string of the molecule is Oc1c(C23CCC(CC2)C3)ccc2ccccc12. The molecule has 2 aliphatic rings. The van der Waals surface area contributed by atoms with Gasteiger partial charge >= 0.3 is 0 Å². The van der Waals surface area contributed by atoms with Gasteiger partial charge in [-0.25, -0.2) is 0 Å². The lowest BCUT2D eigenvalue weighted by atomic mass is 9.76. The van der Waals surface area contributed by atoms with Crippen LogP contribution in [-0.4, -0.2) is 5.11 Å². The van der Waals surface area contributed by atoms with Crippen LogP contribution in [0.15, 0.2) is 36.4 Å². The van der Waals surface area contributed by atoms with E-state index in [0.29, 0.717) is 11.2 Å². The second-order valence-corrected chi connectivity index (χ2v) is 6.11. The molecule has 2 aromatic carbocycles. The average molecular weight is 238 g/mol. The van der Waals surface area contributed by atoms with Crippen molar-refractivity contribution in [3.05, 3.63) is 42.0 Å². The summed E-state index contributed by atoms with van der Waals surface area (Å²) < 4.78 is 0. The monoisotopic (exact) mass is 238 g/mol. The number of hydrogen-bond donors (Lipinski definition) is 1. The molecule has 2 aromatic rings. The maximum atomic E-state index is 10.6. The van der Waals surface area contributed by atoms with Gasteiger partial charge in [-0.05, 0) is 48.8 Å². The largest absolute Gasteiger partial charge is 0.507 e. The molecule has 0 aliphatic heterocycles. The molecule has 0 amide bonds. The van der Waals surface area contributed by atoms with Crippen LogP contribution in [0.25, 0.3) is 10.8 Å². The minimum Gasteiger partial charge on any atom is -0.507 e. The van der Waals surface area contributed by atoms with E-state index in [-0.39, 0.29) is 0 Å². The fourth-order valence-corrected chi connectivity index (χ4v) is 4.25. The summed E-state index contributed by atoms with van der Waals surface area (Å²) in [6.45, 7) is 0. The lowest BCUT2D eigenvalue weighted by Gasteiger charge is -2.28. The van der Waals surface area contributed by atoms with Crippen LogP contribution < -0.4 is 0 Å². The van der Waals surface area contributed by atoms with Gasteiger partial charge in [0.2, 0.25) is 0 Å². The summed E-state index contributed by atoms with van der Waals surface area (Å²) in [7, 11) is 0. The molecule has 0 saturated heterocycles. The highest BCUT2D eigenvalue weighted by Crippen LogP contribution is 2.57. The molecule has 18 heavy (non-hydrogen) atoms. The fraction of sp³-hybridized carbons (Fsp3) is 0.412. The van der Waals surface area contributed by atoms with E-state index in [1.807, 2.05) is 18.2 Å². The minimum atomic E-state index is 0.290. The van der Waals surface area contributed by atoms with Gasteiger partial charge < -0.3 is 5.11 Å². The molecule has 4 rings (SSSR count). The average Bonchev–Trinajstić information content (AvgIpc) is 3.01. The first kappa shape index (κ1) is 10.4. The summed E-state index contributed by atoms with van der Waals surface area (Å²) in [4.78, 5) is 0. The van der Waals surface area contributed by atoms with Crippen LogP contribution in [0, 0.1) is 5.92 Å². The highest BCUT2D eigenvalue weighted by Gasteiger charge is 2.47. The number of fused-ring (bicyclic) bond motifs is 3. The summed E-state index contributed by atoms with van der Waals surface area (Å²) in [6.07, 6.45) is 6.53.